The van der Waals surface area contributed by atoms with E-state index in [1.165, 1.54) is 14.2 Å². The molecule has 0 bridgehead atoms. The fourth-order valence-electron chi connectivity index (χ4n) is 1.90. The summed E-state index contributed by atoms with van der Waals surface area (Å²) in [6, 6.07) is 3.39. The smallest absolute Gasteiger partial charge is 0.258 e. The van der Waals surface area contributed by atoms with E-state index < -0.39 is 22.2 Å². The van der Waals surface area contributed by atoms with Gasteiger partial charge in [-0.1, -0.05) is 0 Å². The average Bonchev–Trinajstić information content (AvgIpc) is 2.60. The predicted octanol–water partition coefficient (Wildman–Crippen LogP) is -2.10. The average molecular weight is 430 g/mol. The molecule has 0 aliphatic carbocycles. The minimum Gasteiger partial charge on any atom is -0.759 e. The summed E-state index contributed by atoms with van der Waals surface area (Å²) >= 11 is 0. The molecule has 0 saturated heterocycles. The molecule has 0 saturated carbocycles. The number of aromatic nitrogens is 2. The Labute approximate surface area is 167 Å². The van der Waals surface area contributed by atoms with E-state index in [0.717, 1.165) is 0 Å². The van der Waals surface area contributed by atoms with E-state index in [0.29, 0.717) is 22.6 Å². The highest BCUT2D eigenvalue weighted by molar-refractivity contribution is 7.79. The number of ether oxygens (including phenoxy) is 2. The summed E-state index contributed by atoms with van der Waals surface area (Å²) in [4.78, 5) is 21.7. The molecule has 12 nitrogen and oxygen atoms in total. The normalized spacial score (nSPS) is 9.86. The molecule has 2 heterocycles. The van der Waals surface area contributed by atoms with Crippen LogP contribution in [0.5, 0.6) is 11.5 Å². The summed E-state index contributed by atoms with van der Waals surface area (Å²) in [5.41, 5.74) is 11.0. The van der Waals surface area contributed by atoms with Gasteiger partial charge in [0.05, 0.1) is 14.2 Å². The molecule has 2 aromatic rings. The van der Waals surface area contributed by atoms with E-state index in [4.69, 9.17) is 38.5 Å². The lowest BCUT2D eigenvalue weighted by atomic mass is 10.2. The molecule has 29 heavy (non-hydrogen) atoms. The van der Waals surface area contributed by atoms with Gasteiger partial charge in [-0.2, -0.15) is 0 Å². The van der Waals surface area contributed by atoms with Crippen LogP contribution in [0.25, 0.3) is 0 Å². The fraction of sp³-hybridized carbons (Fsp3) is 0.250. The molecule has 0 fully saturated rings. The standard InChI is InChI=1S/2C8H10N2O2.H2O4S/c2*1-10-4-3-7(12-2)6(5-10)8(9)11;1-5(2,3)4/h2*3-5H,1-2H3,(H-,9,11);(H2,1,2,3,4). The minimum absolute atomic E-state index is 0.391. The van der Waals surface area contributed by atoms with Gasteiger partial charge in [0.1, 0.15) is 36.7 Å². The van der Waals surface area contributed by atoms with Gasteiger partial charge in [0.2, 0.25) is 0 Å². The van der Waals surface area contributed by atoms with Crippen molar-refractivity contribution in [2.45, 2.75) is 0 Å². The van der Waals surface area contributed by atoms with Crippen molar-refractivity contribution < 1.29 is 45.7 Å². The van der Waals surface area contributed by atoms with Crippen molar-refractivity contribution in [2.24, 2.45) is 25.6 Å². The molecule has 0 aliphatic rings. The van der Waals surface area contributed by atoms with Crippen molar-refractivity contribution in [1.82, 2.24) is 0 Å². The topological polar surface area (TPSA) is 193 Å². The van der Waals surface area contributed by atoms with Gasteiger partial charge in [-0.3, -0.25) is 18.0 Å². The third-order valence-corrected chi connectivity index (χ3v) is 3.09. The number of carbonyl (C=O) groups is 2. The number of amides is 2. The molecule has 2 aromatic heterocycles. The predicted molar refractivity (Wildman–Crippen MR) is 95.9 cm³/mol. The zero-order chi connectivity index (χ0) is 22.8. The number of hydrogen-bond donors (Lipinski definition) is 2. The molecule has 0 aromatic carbocycles. The number of methoxy groups -OCH3 is 2. The van der Waals surface area contributed by atoms with Crippen LogP contribution in [0.2, 0.25) is 0 Å². The number of rotatable bonds is 4. The minimum atomic E-state index is -5.17. The molecule has 4 N–H and O–H groups in total. The molecule has 160 valence electrons. The van der Waals surface area contributed by atoms with Crippen molar-refractivity contribution in [3.05, 3.63) is 48.0 Å². The molecule has 0 aliphatic heterocycles. The van der Waals surface area contributed by atoms with Crippen molar-refractivity contribution >= 4 is 22.2 Å². The van der Waals surface area contributed by atoms with E-state index in [1.54, 1.807) is 46.1 Å². The maximum Gasteiger partial charge on any atom is 0.258 e. The van der Waals surface area contributed by atoms with Crippen molar-refractivity contribution in [2.75, 3.05) is 14.2 Å². The van der Waals surface area contributed by atoms with Crippen LogP contribution in [0.15, 0.2) is 36.9 Å². The van der Waals surface area contributed by atoms with Crippen LogP contribution in [0, 0.1) is 0 Å². The lowest BCUT2D eigenvalue weighted by Crippen LogP contribution is -2.29. The summed E-state index contributed by atoms with van der Waals surface area (Å²) < 4.78 is 47.5. The highest BCUT2D eigenvalue weighted by Crippen LogP contribution is 2.14. The molecule has 2 rings (SSSR count). The lowest BCUT2D eigenvalue weighted by Gasteiger charge is -2.06. The Kier molecular flexibility index (Phi) is 10.2. The summed E-state index contributed by atoms with van der Waals surface area (Å²) in [6.45, 7) is 0. The first-order valence-electron chi connectivity index (χ1n) is 7.63. The zero-order valence-corrected chi connectivity index (χ0v) is 17.0. The number of aryl methyl sites for hydroxylation is 2. The van der Waals surface area contributed by atoms with E-state index in [2.05, 4.69) is 0 Å². The second kappa shape index (κ2) is 11.5. The molecule has 0 radical (unpaired) electrons. The van der Waals surface area contributed by atoms with Crippen LogP contribution in [-0.4, -0.2) is 43.6 Å². The van der Waals surface area contributed by atoms with Crippen LogP contribution in [0.1, 0.15) is 20.7 Å². The monoisotopic (exact) mass is 430 g/mol. The van der Waals surface area contributed by atoms with Crippen molar-refractivity contribution in [3.8, 4) is 11.5 Å². The number of nitrogens with zero attached hydrogens (tertiary/aromatic N) is 2. The Morgan fingerprint density at radius 3 is 1.34 bits per heavy atom. The number of carbonyl (C=O) groups excluding carboxylic acids is 2. The Morgan fingerprint density at radius 1 is 0.862 bits per heavy atom. The second-order valence-electron chi connectivity index (χ2n) is 5.32. The molecule has 0 atom stereocenters. The molecule has 2 amide bonds. The Hall–Kier alpha value is -3.29. The molecular formula is C16H22N4O8S. The van der Waals surface area contributed by atoms with Crippen LogP contribution in [0.3, 0.4) is 0 Å². The van der Waals surface area contributed by atoms with Crippen LogP contribution >= 0.6 is 0 Å². The second-order valence-corrected chi connectivity index (χ2v) is 6.14. The Balaban J connectivity index is 0.000000442. The quantitative estimate of drug-likeness (QED) is 0.313. The third kappa shape index (κ3) is 10.6. The summed E-state index contributed by atoms with van der Waals surface area (Å²) in [5.74, 6) is 0.0345. The number of hydrogen-bond acceptors (Lipinski definition) is 8. The molecular weight excluding hydrogens is 408 g/mol. The SMILES string of the molecule is COc1cc[n+](C)cc1C(N)=O.COc1cc[n+](C)cc1C(N)=O.O=S(=O)([O-])[O-]. The van der Waals surface area contributed by atoms with Gasteiger partial charge >= 0.3 is 0 Å². The maximum absolute atomic E-state index is 10.9. The maximum atomic E-state index is 10.9. The third-order valence-electron chi connectivity index (χ3n) is 3.09. The van der Waals surface area contributed by atoms with Crippen molar-refractivity contribution in [1.29, 1.82) is 0 Å². The largest absolute Gasteiger partial charge is 0.759 e. The zero-order valence-electron chi connectivity index (χ0n) is 16.2. The molecule has 0 spiro atoms. The van der Waals surface area contributed by atoms with Crippen LogP contribution in [-0.2, 0) is 24.5 Å². The first kappa shape index (κ1) is 25.7. The number of pyridine rings is 2. The molecule has 0 unspecified atom stereocenters. The van der Waals surface area contributed by atoms with Gasteiger partial charge < -0.3 is 30.0 Å². The summed E-state index contributed by atoms with van der Waals surface area (Å²) in [7, 11) is 1.46. The van der Waals surface area contributed by atoms with Gasteiger partial charge in [-0.25, -0.2) is 9.13 Å². The van der Waals surface area contributed by atoms with Gasteiger partial charge in [0.25, 0.3) is 11.8 Å². The summed E-state index contributed by atoms with van der Waals surface area (Å²) in [6.07, 6.45) is 6.82. The highest BCUT2D eigenvalue weighted by Gasteiger charge is 2.13. The van der Waals surface area contributed by atoms with Crippen LogP contribution < -0.4 is 30.1 Å². The van der Waals surface area contributed by atoms with Gasteiger partial charge in [-0.15, -0.1) is 0 Å². The van der Waals surface area contributed by atoms with E-state index >= 15 is 0 Å². The van der Waals surface area contributed by atoms with Crippen LogP contribution in [0.4, 0.5) is 0 Å². The van der Waals surface area contributed by atoms with Gasteiger partial charge in [0.15, 0.2) is 24.8 Å². The Morgan fingerprint density at radius 2 is 1.14 bits per heavy atom. The highest BCUT2D eigenvalue weighted by atomic mass is 32.3. The van der Waals surface area contributed by atoms with E-state index in [1.807, 2.05) is 14.1 Å². The number of nitrogens with two attached hydrogens (primary N) is 2. The summed E-state index contributed by atoms with van der Waals surface area (Å²) in [5, 5.41) is 0. The van der Waals surface area contributed by atoms with Gasteiger partial charge in [0, 0.05) is 22.5 Å². The first-order chi connectivity index (χ1) is 13.3. The lowest BCUT2D eigenvalue weighted by molar-refractivity contribution is -0.671. The fourth-order valence-corrected chi connectivity index (χ4v) is 1.90. The molecule has 13 heteroatoms. The van der Waals surface area contributed by atoms with E-state index in [-0.39, 0.29) is 0 Å². The first-order valence-corrected chi connectivity index (χ1v) is 8.96. The Bertz CT molecular complexity index is 892. The van der Waals surface area contributed by atoms with E-state index in [9.17, 15) is 9.59 Å². The van der Waals surface area contributed by atoms with Crippen molar-refractivity contribution in [3.63, 3.8) is 0 Å². The number of primary amides is 2. The van der Waals surface area contributed by atoms with Gasteiger partial charge in [-0.05, 0) is 0 Å².